The third-order valence-electron chi connectivity index (χ3n) is 4.02. The summed E-state index contributed by atoms with van der Waals surface area (Å²) in [5, 5.41) is 6.55. The topological polar surface area (TPSA) is 65.7 Å². The fraction of sp³-hybridized carbons (Fsp3) is 0.765. The van der Waals surface area contributed by atoms with Crippen molar-refractivity contribution in [2.45, 2.75) is 59.0 Å². The van der Waals surface area contributed by atoms with Crippen LogP contribution in [-0.4, -0.2) is 49.1 Å². The Hall–Kier alpha value is -1.56. The molecule has 0 aliphatic carbocycles. The van der Waals surface area contributed by atoms with Crippen molar-refractivity contribution in [2.24, 2.45) is 4.99 Å². The van der Waals surface area contributed by atoms with E-state index in [4.69, 9.17) is 4.42 Å². The molecule has 1 aromatic rings. The number of hydrogen-bond acceptors (Lipinski definition) is 4. The highest BCUT2D eigenvalue weighted by molar-refractivity contribution is 5.79. The zero-order valence-electron chi connectivity index (χ0n) is 15.7. The van der Waals surface area contributed by atoms with Crippen LogP contribution in [-0.2, 0) is 12.0 Å². The zero-order chi connectivity index (χ0) is 17.5. The van der Waals surface area contributed by atoms with Gasteiger partial charge in [0.05, 0.1) is 12.7 Å². The molecule has 1 unspecified atom stereocenters. The third-order valence-corrected chi connectivity index (χ3v) is 4.02. The Morgan fingerprint density at radius 3 is 2.61 bits per heavy atom. The molecule has 2 N–H and O–H groups in total. The lowest BCUT2D eigenvalue weighted by Gasteiger charge is -2.23. The Morgan fingerprint density at radius 1 is 1.39 bits per heavy atom. The van der Waals surface area contributed by atoms with Gasteiger partial charge in [0.1, 0.15) is 5.76 Å². The summed E-state index contributed by atoms with van der Waals surface area (Å²) in [6.07, 6.45) is 2.96. The highest BCUT2D eigenvalue weighted by Crippen LogP contribution is 2.22. The lowest BCUT2D eigenvalue weighted by atomic mass is 9.94. The van der Waals surface area contributed by atoms with Crippen molar-refractivity contribution in [2.75, 3.05) is 27.2 Å². The third kappa shape index (κ3) is 6.60. The maximum absolute atomic E-state index is 5.77. The Balaban J connectivity index is 2.39. The predicted molar refractivity (Wildman–Crippen MR) is 95.8 cm³/mol. The smallest absolute Gasteiger partial charge is 0.213 e. The lowest BCUT2D eigenvalue weighted by Crippen LogP contribution is -2.42. The second-order valence-corrected chi connectivity index (χ2v) is 6.96. The van der Waals surface area contributed by atoms with Crippen LogP contribution in [0.4, 0.5) is 0 Å². The summed E-state index contributed by atoms with van der Waals surface area (Å²) in [6, 6.07) is 0.593. The fourth-order valence-electron chi connectivity index (χ4n) is 2.00. The minimum atomic E-state index is -0.0221. The van der Waals surface area contributed by atoms with Gasteiger partial charge in [-0.15, -0.1) is 0 Å². The molecule has 23 heavy (non-hydrogen) atoms. The van der Waals surface area contributed by atoms with Crippen LogP contribution < -0.4 is 10.6 Å². The van der Waals surface area contributed by atoms with E-state index in [0.717, 1.165) is 31.2 Å². The van der Waals surface area contributed by atoms with Gasteiger partial charge in [-0.3, -0.25) is 4.99 Å². The second kappa shape index (κ2) is 8.91. The predicted octanol–water partition coefficient (Wildman–Crippen LogP) is 2.37. The molecule has 132 valence electrons. The number of aromatic nitrogens is 1. The number of aliphatic imine (C=N–C) groups is 1. The molecule has 0 aromatic carbocycles. The van der Waals surface area contributed by atoms with E-state index < -0.39 is 0 Å². The number of likely N-dealkylation sites (N-methyl/N-ethyl adjacent to an activating group) is 1. The minimum Gasteiger partial charge on any atom is -0.443 e. The quantitative estimate of drug-likeness (QED) is 0.596. The van der Waals surface area contributed by atoms with E-state index in [-0.39, 0.29) is 5.41 Å². The van der Waals surface area contributed by atoms with Crippen LogP contribution in [0.1, 0.15) is 52.7 Å². The minimum absolute atomic E-state index is 0.0221. The van der Waals surface area contributed by atoms with Crippen molar-refractivity contribution in [3.8, 4) is 0 Å². The Kier molecular flexibility index (Phi) is 7.55. The molecule has 0 radical (unpaired) electrons. The maximum Gasteiger partial charge on any atom is 0.213 e. The molecule has 0 saturated heterocycles. The number of guanidine groups is 1. The maximum atomic E-state index is 5.77. The first kappa shape index (κ1) is 19.5. The molecule has 0 bridgehead atoms. The van der Waals surface area contributed by atoms with Gasteiger partial charge in [-0.25, -0.2) is 4.98 Å². The van der Waals surface area contributed by atoms with E-state index in [2.05, 4.69) is 67.2 Å². The van der Waals surface area contributed by atoms with Crippen molar-refractivity contribution >= 4 is 5.96 Å². The van der Waals surface area contributed by atoms with E-state index in [1.54, 1.807) is 13.2 Å². The van der Waals surface area contributed by atoms with Gasteiger partial charge in [-0.05, 0) is 20.4 Å². The van der Waals surface area contributed by atoms with Crippen molar-refractivity contribution < 1.29 is 4.42 Å². The molecule has 6 nitrogen and oxygen atoms in total. The number of hydrogen-bond donors (Lipinski definition) is 2. The summed E-state index contributed by atoms with van der Waals surface area (Å²) in [7, 11) is 3.91. The first-order chi connectivity index (χ1) is 10.8. The molecule has 0 saturated carbocycles. The van der Waals surface area contributed by atoms with Crippen LogP contribution in [0.15, 0.2) is 15.6 Å². The summed E-state index contributed by atoms with van der Waals surface area (Å²) >= 11 is 0. The van der Waals surface area contributed by atoms with Crippen molar-refractivity contribution in [3.05, 3.63) is 17.8 Å². The summed E-state index contributed by atoms with van der Waals surface area (Å²) in [5.74, 6) is 2.33. The molecular formula is C17H33N5O. The monoisotopic (exact) mass is 323 g/mol. The highest BCUT2D eigenvalue weighted by Gasteiger charge is 2.19. The van der Waals surface area contributed by atoms with Crippen molar-refractivity contribution in [3.63, 3.8) is 0 Å². The van der Waals surface area contributed by atoms with Crippen LogP contribution in [0.5, 0.6) is 0 Å². The van der Waals surface area contributed by atoms with Gasteiger partial charge in [0, 0.05) is 31.6 Å². The highest BCUT2D eigenvalue weighted by atomic mass is 16.4. The standard InChI is InChI=1S/C17H33N5O/c1-8-13(2)22(7)10-9-19-16(18-6)21-12-15-20-11-14(23-15)17(3,4)5/h11,13H,8-10,12H2,1-7H3,(H2,18,19,21). The van der Waals surface area contributed by atoms with Gasteiger partial charge < -0.3 is 20.0 Å². The van der Waals surface area contributed by atoms with Gasteiger partial charge in [0.25, 0.3) is 0 Å². The molecule has 6 heteroatoms. The molecule has 0 aliphatic rings. The van der Waals surface area contributed by atoms with Crippen LogP contribution in [0, 0.1) is 0 Å². The lowest BCUT2D eigenvalue weighted by molar-refractivity contribution is 0.255. The van der Waals surface area contributed by atoms with Gasteiger partial charge in [-0.1, -0.05) is 27.7 Å². The number of nitrogens with one attached hydrogen (secondary N) is 2. The molecule has 1 heterocycles. The number of rotatable bonds is 7. The first-order valence-electron chi connectivity index (χ1n) is 8.37. The second-order valence-electron chi connectivity index (χ2n) is 6.96. The summed E-state index contributed by atoms with van der Waals surface area (Å²) in [5.41, 5.74) is -0.0221. The summed E-state index contributed by atoms with van der Waals surface area (Å²) in [6.45, 7) is 13.1. The molecule has 0 fully saturated rings. The Labute approximate surface area is 140 Å². The number of oxazole rings is 1. The van der Waals surface area contributed by atoms with Gasteiger partial charge >= 0.3 is 0 Å². The van der Waals surface area contributed by atoms with Gasteiger partial charge in [-0.2, -0.15) is 0 Å². The molecule has 0 spiro atoms. The van der Waals surface area contributed by atoms with E-state index in [1.165, 1.54) is 0 Å². The molecule has 1 atom stereocenters. The fourth-order valence-corrected chi connectivity index (χ4v) is 2.00. The normalized spacial score (nSPS) is 14.2. The van der Waals surface area contributed by atoms with Crippen LogP contribution in [0.3, 0.4) is 0 Å². The number of nitrogens with zero attached hydrogens (tertiary/aromatic N) is 3. The van der Waals surface area contributed by atoms with Crippen molar-refractivity contribution in [1.29, 1.82) is 0 Å². The van der Waals surface area contributed by atoms with Crippen molar-refractivity contribution in [1.82, 2.24) is 20.5 Å². The zero-order valence-corrected chi connectivity index (χ0v) is 15.7. The largest absolute Gasteiger partial charge is 0.443 e. The molecular weight excluding hydrogens is 290 g/mol. The summed E-state index contributed by atoms with van der Waals surface area (Å²) < 4.78 is 5.77. The molecule has 1 aromatic heterocycles. The van der Waals surface area contributed by atoms with E-state index in [0.29, 0.717) is 18.5 Å². The van der Waals surface area contributed by atoms with E-state index in [9.17, 15) is 0 Å². The Morgan fingerprint density at radius 2 is 2.09 bits per heavy atom. The molecule has 0 aliphatic heterocycles. The first-order valence-corrected chi connectivity index (χ1v) is 8.37. The average molecular weight is 323 g/mol. The van der Waals surface area contributed by atoms with E-state index in [1.807, 2.05) is 0 Å². The van der Waals surface area contributed by atoms with Gasteiger partial charge in [0.15, 0.2) is 5.96 Å². The molecule has 0 amide bonds. The summed E-state index contributed by atoms with van der Waals surface area (Å²) in [4.78, 5) is 10.9. The van der Waals surface area contributed by atoms with Crippen LogP contribution >= 0.6 is 0 Å². The Bertz CT molecular complexity index is 489. The molecule has 1 rings (SSSR count). The van der Waals surface area contributed by atoms with E-state index >= 15 is 0 Å². The van der Waals surface area contributed by atoms with Crippen LogP contribution in [0.2, 0.25) is 0 Å². The average Bonchev–Trinajstić information content (AvgIpc) is 2.98. The SMILES string of the molecule is CCC(C)N(C)CCNC(=NC)NCc1ncc(C(C)(C)C)o1. The van der Waals surface area contributed by atoms with Crippen LogP contribution in [0.25, 0.3) is 0 Å². The van der Waals surface area contributed by atoms with Gasteiger partial charge in [0.2, 0.25) is 5.89 Å².